The molecule has 0 saturated heterocycles. The summed E-state index contributed by atoms with van der Waals surface area (Å²) in [5, 5.41) is 3.82. The molecule has 0 amide bonds. The fourth-order valence-electron chi connectivity index (χ4n) is 2.53. The Morgan fingerprint density at radius 1 is 1.16 bits per heavy atom. The van der Waals surface area contributed by atoms with E-state index < -0.39 is 23.0 Å². The lowest BCUT2D eigenvalue weighted by Gasteiger charge is -2.23. The van der Waals surface area contributed by atoms with Crippen molar-refractivity contribution < 1.29 is 13.2 Å². The van der Waals surface area contributed by atoms with Crippen molar-refractivity contribution in [2.24, 2.45) is 0 Å². The minimum atomic E-state index is -1.35. The number of nitrogens with zero attached hydrogens (tertiary/aromatic N) is 5. The van der Waals surface area contributed by atoms with Gasteiger partial charge in [-0.1, -0.05) is 11.6 Å². The standard InChI is InChI=1S/C15H12Cl2F3N5/c1-24(6-2-5-16)14-11(10-8(18)3-4-9(19)12(10)20)13(17)23-15-21-7-22-25(14)15/h3-4,7H,2,5-6H2,1H3. The van der Waals surface area contributed by atoms with Crippen LogP contribution in [0.2, 0.25) is 5.15 Å². The molecule has 0 fully saturated rings. The number of rotatable bonds is 5. The number of alkyl halides is 1. The fraction of sp³-hybridized carbons (Fsp3) is 0.267. The molecule has 3 aromatic rings. The van der Waals surface area contributed by atoms with Gasteiger partial charge < -0.3 is 4.90 Å². The average molecular weight is 390 g/mol. The summed E-state index contributed by atoms with van der Waals surface area (Å²) >= 11 is 11.9. The molecular weight excluding hydrogens is 378 g/mol. The molecule has 2 aromatic heterocycles. The minimum absolute atomic E-state index is 0.105. The van der Waals surface area contributed by atoms with Gasteiger partial charge in [0.05, 0.1) is 11.1 Å². The van der Waals surface area contributed by atoms with Gasteiger partial charge in [-0.15, -0.1) is 11.6 Å². The van der Waals surface area contributed by atoms with Crippen LogP contribution in [0, 0.1) is 17.5 Å². The van der Waals surface area contributed by atoms with E-state index in [0.29, 0.717) is 24.9 Å². The van der Waals surface area contributed by atoms with Crippen molar-refractivity contribution in [2.75, 3.05) is 24.4 Å². The van der Waals surface area contributed by atoms with Gasteiger partial charge in [-0.3, -0.25) is 0 Å². The summed E-state index contributed by atoms with van der Waals surface area (Å²) in [5.41, 5.74) is -0.714. The first kappa shape index (κ1) is 17.8. The Labute approximate surface area is 151 Å². The summed E-state index contributed by atoms with van der Waals surface area (Å²) in [7, 11) is 1.68. The van der Waals surface area contributed by atoms with E-state index >= 15 is 0 Å². The Kier molecular flexibility index (Phi) is 5.01. The van der Waals surface area contributed by atoms with E-state index in [1.54, 1.807) is 11.9 Å². The summed E-state index contributed by atoms with van der Waals surface area (Å²) in [6.07, 6.45) is 1.83. The van der Waals surface area contributed by atoms with Crippen molar-refractivity contribution in [2.45, 2.75) is 6.42 Å². The van der Waals surface area contributed by atoms with Crippen LogP contribution in [0.3, 0.4) is 0 Å². The van der Waals surface area contributed by atoms with Crippen LogP contribution < -0.4 is 4.90 Å². The molecule has 0 saturated carbocycles. The van der Waals surface area contributed by atoms with E-state index in [9.17, 15) is 13.2 Å². The highest BCUT2D eigenvalue weighted by atomic mass is 35.5. The number of hydrogen-bond acceptors (Lipinski definition) is 4. The lowest BCUT2D eigenvalue weighted by atomic mass is 10.1. The fourth-order valence-corrected chi connectivity index (χ4v) is 2.90. The summed E-state index contributed by atoms with van der Waals surface area (Å²) < 4.78 is 43.7. The summed E-state index contributed by atoms with van der Waals surface area (Å²) in [6.45, 7) is 0.449. The van der Waals surface area contributed by atoms with Gasteiger partial charge in [0.2, 0.25) is 0 Å². The van der Waals surface area contributed by atoms with Gasteiger partial charge in [0, 0.05) is 19.5 Å². The van der Waals surface area contributed by atoms with Gasteiger partial charge in [0.15, 0.2) is 11.6 Å². The predicted molar refractivity (Wildman–Crippen MR) is 89.7 cm³/mol. The number of aromatic nitrogens is 4. The lowest BCUT2D eigenvalue weighted by Crippen LogP contribution is -2.23. The molecule has 0 spiro atoms. The largest absolute Gasteiger partial charge is 0.359 e. The van der Waals surface area contributed by atoms with E-state index in [-0.39, 0.29) is 22.3 Å². The van der Waals surface area contributed by atoms with Crippen molar-refractivity contribution in [1.29, 1.82) is 0 Å². The van der Waals surface area contributed by atoms with Crippen LogP contribution in [0.4, 0.5) is 19.0 Å². The molecule has 0 aliphatic carbocycles. The molecule has 0 unspecified atom stereocenters. The van der Waals surface area contributed by atoms with E-state index in [2.05, 4.69) is 15.1 Å². The molecular formula is C15H12Cl2F3N5. The molecule has 0 radical (unpaired) electrons. The minimum Gasteiger partial charge on any atom is -0.359 e. The van der Waals surface area contributed by atoms with Crippen molar-refractivity contribution in [3.8, 4) is 11.1 Å². The third kappa shape index (κ3) is 3.11. The van der Waals surface area contributed by atoms with Crippen molar-refractivity contribution in [1.82, 2.24) is 19.6 Å². The van der Waals surface area contributed by atoms with Crippen molar-refractivity contribution >= 4 is 34.8 Å². The maximum Gasteiger partial charge on any atom is 0.255 e. The van der Waals surface area contributed by atoms with Gasteiger partial charge in [-0.2, -0.15) is 19.6 Å². The molecule has 5 nitrogen and oxygen atoms in total. The molecule has 132 valence electrons. The second kappa shape index (κ2) is 7.05. The van der Waals surface area contributed by atoms with Gasteiger partial charge in [-0.25, -0.2) is 13.2 Å². The molecule has 0 N–H and O–H groups in total. The Bertz CT molecular complexity index is 931. The molecule has 0 aliphatic rings. The smallest absolute Gasteiger partial charge is 0.255 e. The first-order valence-corrected chi connectivity index (χ1v) is 8.17. The SMILES string of the molecule is CN(CCCCl)c1c(-c2c(F)ccc(F)c2F)c(Cl)nc2ncnn12. The molecule has 1 aromatic carbocycles. The zero-order valence-electron chi connectivity index (χ0n) is 13.0. The summed E-state index contributed by atoms with van der Waals surface area (Å²) in [6, 6.07) is 1.54. The first-order chi connectivity index (χ1) is 12.0. The number of hydrogen-bond donors (Lipinski definition) is 0. The second-order valence-corrected chi connectivity index (χ2v) is 5.99. The highest BCUT2D eigenvalue weighted by Crippen LogP contribution is 2.39. The van der Waals surface area contributed by atoms with E-state index in [4.69, 9.17) is 23.2 Å². The van der Waals surface area contributed by atoms with E-state index in [0.717, 1.165) is 6.07 Å². The van der Waals surface area contributed by atoms with Crippen LogP contribution in [-0.2, 0) is 0 Å². The molecule has 10 heteroatoms. The normalized spacial score (nSPS) is 11.3. The van der Waals surface area contributed by atoms with Gasteiger partial charge in [0.25, 0.3) is 5.78 Å². The van der Waals surface area contributed by atoms with Crippen LogP contribution in [0.25, 0.3) is 16.9 Å². The van der Waals surface area contributed by atoms with Gasteiger partial charge in [0.1, 0.15) is 23.1 Å². The van der Waals surface area contributed by atoms with Crippen LogP contribution in [0.1, 0.15) is 6.42 Å². The van der Waals surface area contributed by atoms with Crippen molar-refractivity contribution in [3.05, 3.63) is 41.1 Å². The Morgan fingerprint density at radius 2 is 1.88 bits per heavy atom. The highest BCUT2D eigenvalue weighted by Gasteiger charge is 2.26. The predicted octanol–water partition coefficient (Wildman–Crippen LogP) is 3.93. The molecule has 3 rings (SSSR count). The Hall–Kier alpha value is -2.06. The highest BCUT2D eigenvalue weighted by molar-refractivity contribution is 6.33. The summed E-state index contributed by atoms with van der Waals surface area (Å²) in [4.78, 5) is 9.60. The van der Waals surface area contributed by atoms with E-state index in [1.807, 2.05) is 0 Å². The Balaban J connectivity index is 2.35. The zero-order chi connectivity index (χ0) is 18.1. The zero-order valence-corrected chi connectivity index (χ0v) is 14.5. The maximum atomic E-state index is 14.4. The second-order valence-electron chi connectivity index (χ2n) is 5.26. The first-order valence-electron chi connectivity index (χ1n) is 7.26. The monoisotopic (exact) mass is 389 g/mol. The third-order valence-electron chi connectivity index (χ3n) is 3.64. The quantitative estimate of drug-likeness (QED) is 0.376. The number of benzene rings is 1. The topological polar surface area (TPSA) is 46.3 Å². The van der Waals surface area contributed by atoms with E-state index in [1.165, 1.54) is 10.8 Å². The average Bonchev–Trinajstić information content (AvgIpc) is 3.04. The molecule has 0 bridgehead atoms. The number of anilines is 1. The van der Waals surface area contributed by atoms with Crippen molar-refractivity contribution in [3.63, 3.8) is 0 Å². The number of halogens is 5. The molecule has 2 heterocycles. The number of fused-ring (bicyclic) bond motifs is 1. The van der Waals surface area contributed by atoms with Gasteiger partial charge >= 0.3 is 0 Å². The van der Waals surface area contributed by atoms with Gasteiger partial charge in [-0.05, 0) is 18.6 Å². The van der Waals surface area contributed by atoms with Crippen LogP contribution in [0.5, 0.6) is 0 Å². The molecule has 0 atom stereocenters. The van der Waals surface area contributed by atoms with Crippen LogP contribution >= 0.6 is 23.2 Å². The molecule has 25 heavy (non-hydrogen) atoms. The van der Waals surface area contributed by atoms with Crippen LogP contribution in [0.15, 0.2) is 18.5 Å². The summed E-state index contributed by atoms with van der Waals surface area (Å²) in [5.74, 6) is -2.73. The maximum absolute atomic E-state index is 14.4. The molecule has 0 aliphatic heterocycles. The lowest BCUT2D eigenvalue weighted by molar-refractivity contribution is 0.499. The third-order valence-corrected chi connectivity index (χ3v) is 4.18. The van der Waals surface area contributed by atoms with Crippen LogP contribution in [-0.4, -0.2) is 39.1 Å². The Morgan fingerprint density at radius 3 is 2.60 bits per heavy atom.